The van der Waals surface area contributed by atoms with E-state index >= 15 is 0 Å². The van der Waals surface area contributed by atoms with E-state index in [1.54, 1.807) is 18.2 Å². The number of aliphatic hydroxyl groups is 1. The van der Waals surface area contributed by atoms with Gasteiger partial charge in [0.2, 0.25) is 0 Å². The Labute approximate surface area is 148 Å². The van der Waals surface area contributed by atoms with Gasteiger partial charge < -0.3 is 15.2 Å². The molecule has 0 aliphatic rings. The quantitative estimate of drug-likeness (QED) is 0.600. The summed E-state index contributed by atoms with van der Waals surface area (Å²) < 4.78 is 0. The average molecular weight is 335 g/mol. The van der Waals surface area contributed by atoms with Crippen LogP contribution in [0.4, 0.5) is 0 Å². The average Bonchev–Trinajstić information content (AvgIpc) is 2.61. The maximum Gasteiger partial charge on any atom is 0.488 e. The van der Waals surface area contributed by atoms with E-state index in [1.165, 1.54) is 0 Å². The molecule has 3 aromatic carbocycles. The molecule has 128 valence electrons. The normalized spacial score (nSPS) is 12.5. The summed E-state index contributed by atoms with van der Waals surface area (Å²) in [6.07, 6.45) is -0.582. The summed E-state index contributed by atoms with van der Waals surface area (Å²) in [7, 11) is 0.472. The van der Waals surface area contributed by atoms with Crippen LogP contribution in [0.25, 0.3) is 10.8 Å². The molecular formula is C20H22BNO3. The fourth-order valence-electron chi connectivity index (χ4n) is 3.04. The van der Waals surface area contributed by atoms with E-state index in [1.807, 2.05) is 54.4 Å². The van der Waals surface area contributed by atoms with Crippen LogP contribution in [0.3, 0.4) is 0 Å². The van der Waals surface area contributed by atoms with E-state index < -0.39 is 13.2 Å². The van der Waals surface area contributed by atoms with Gasteiger partial charge in [-0.25, -0.2) is 0 Å². The fourth-order valence-corrected chi connectivity index (χ4v) is 3.04. The number of hydrogen-bond donors (Lipinski definition) is 3. The number of rotatable bonds is 6. The molecule has 0 fully saturated rings. The molecular weight excluding hydrogens is 313 g/mol. The van der Waals surface area contributed by atoms with Crippen LogP contribution in [0.1, 0.15) is 17.2 Å². The number of hydrogen-bond acceptors (Lipinski definition) is 4. The lowest BCUT2D eigenvalue weighted by atomic mass is 9.79. The third-order valence-corrected chi connectivity index (χ3v) is 4.34. The van der Waals surface area contributed by atoms with Crippen molar-refractivity contribution in [3.05, 3.63) is 77.9 Å². The van der Waals surface area contributed by atoms with E-state index in [4.69, 9.17) is 0 Å². The van der Waals surface area contributed by atoms with Crippen molar-refractivity contribution >= 4 is 23.4 Å². The number of nitrogens with zero attached hydrogens (tertiary/aromatic N) is 1. The highest BCUT2D eigenvalue weighted by Crippen LogP contribution is 2.21. The zero-order valence-corrected chi connectivity index (χ0v) is 14.2. The molecule has 0 radical (unpaired) electrons. The predicted molar refractivity (Wildman–Crippen MR) is 102 cm³/mol. The third-order valence-electron chi connectivity index (χ3n) is 4.34. The minimum atomic E-state index is -1.46. The number of aliphatic hydroxyl groups excluding tert-OH is 1. The summed E-state index contributed by atoms with van der Waals surface area (Å²) in [4.78, 5) is 2.02. The first-order valence-electron chi connectivity index (χ1n) is 8.33. The van der Waals surface area contributed by atoms with Gasteiger partial charge in [-0.05, 0) is 40.5 Å². The zero-order chi connectivity index (χ0) is 17.8. The van der Waals surface area contributed by atoms with Crippen LogP contribution in [0.5, 0.6) is 0 Å². The topological polar surface area (TPSA) is 63.9 Å². The summed E-state index contributed by atoms with van der Waals surface area (Å²) in [5.74, 6) is 0. The predicted octanol–water partition coefficient (Wildman–Crippen LogP) is 1.68. The minimum Gasteiger partial charge on any atom is -0.423 e. The lowest BCUT2D eigenvalue weighted by Crippen LogP contribution is -2.31. The SMILES string of the molecule is CN(Cc1cccc(B(O)O)c1)CC(O)c1ccc2ccccc2c1. The number of fused-ring (bicyclic) bond motifs is 1. The Morgan fingerprint density at radius 1 is 0.920 bits per heavy atom. The Balaban J connectivity index is 1.67. The molecule has 0 amide bonds. The van der Waals surface area contributed by atoms with Crippen LogP contribution in [-0.4, -0.2) is 40.8 Å². The van der Waals surface area contributed by atoms with Gasteiger partial charge in [-0.15, -0.1) is 0 Å². The van der Waals surface area contributed by atoms with Crippen LogP contribution in [0.15, 0.2) is 66.7 Å². The second kappa shape index (κ2) is 7.80. The molecule has 3 N–H and O–H groups in total. The van der Waals surface area contributed by atoms with Gasteiger partial charge in [-0.3, -0.25) is 4.90 Å². The maximum absolute atomic E-state index is 10.5. The van der Waals surface area contributed by atoms with Crippen molar-refractivity contribution in [2.75, 3.05) is 13.6 Å². The lowest BCUT2D eigenvalue weighted by Gasteiger charge is -2.21. The second-order valence-electron chi connectivity index (χ2n) is 6.44. The molecule has 0 aliphatic heterocycles. The van der Waals surface area contributed by atoms with Gasteiger partial charge >= 0.3 is 7.12 Å². The molecule has 5 heteroatoms. The Morgan fingerprint density at radius 2 is 1.68 bits per heavy atom. The van der Waals surface area contributed by atoms with Gasteiger partial charge in [0.15, 0.2) is 0 Å². The van der Waals surface area contributed by atoms with Gasteiger partial charge in [0.05, 0.1) is 6.10 Å². The molecule has 4 nitrogen and oxygen atoms in total. The van der Waals surface area contributed by atoms with E-state index in [-0.39, 0.29) is 0 Å². The molecule has 3 aromatic rings. The molecule has 0 aliphatic carbocycles. The van der Waals surface area contributed by atoms with Gasteiger partial charge in [-0.1, -0.05) is 60.7 Å². The Bertz CT molecular complexity index is 853. The summed E-state index contributed by atoms with van der Waals surface area (Å²) in [5.41, 5.74) is 2.34. The summed E-state index contributed by atoms with van der Waals surface area (Å²) in [5, 5.41) is 31.4. The van der Waals surface area contributed by atoms with Crippen molar-refractivity contribution < 1.29 is 15.2 Å². The van der Waals surface area contributed by atoms with Crippen molar-refractivity contribution in [1.29, 1.82) is 0 Å². The molecule has 25 heavy (non-hydrogen) atoms. The number of likely N-dealkylation sites (N-methyl/N-ethyl adjacent to an activating group) is 1. The first kappa shape index (κ1) is 17.6. The van der Waals surface area contributed by atoms with E-state index in [0.717, 1.165) is 21.9 Å². The molecule has 0 heterocycles. The zero-order valence-electron chi connectivity index (χ0n) is 14.2. The Hall–Kier alpha value is -2.18. The summed E-state index contributed by atoms with van der Waals surface area (Å²) in [6, 6.07) is 21.3. The highest BCUT2D eigenvalue weighted by molar-refractivity contribution is 6.58. The second-order valence-corrected chi connectivity index (χ2v) is 6.44. The molecule has 0 spiro atoms. The van der Waals surface area contributed by atoms with Crippen molar-refractivity contribution in [3.8, 4) is 0 Å². The standard InChI is InChI=1S/C20H22BNO3/c1-22(13-15-5-4-8-19(11-15)21(24)25)14-20(23)18-10-9-16-6-2-3-7-17(16)12-18/h2-12,20,23-25H,13-14H2,1H3. The van der Waals surface area contributed by atoms with Gasteiger partial charge in [0, 0.05) is 13.1 Å². The number of benzene rings is 3. The largest absolute Gasteiger partial charge is 0.488 e. The summed E-state index contributed by atoms with van der Waals surface area (Å²) in [6.45, 7) is 1.11. The van der Waals surface area contributed by atoms with Gasteiger partial charge in [0.1, 0.15) is 0 Å². The van der Waals surface area contributed by atoms with Crippen molar-refractivity contribution in [2.45, 2.75) is 12.6 Å². The van der Waals surface area contributed by atoms with Crippen LogP contribution < -0.4 is 5.46 Å². The molecule has 0 bridgehead atoms. The van der Waals surface area contributed by atoms with Crippen LogP contribution in [0, 0.1) is 0 Å². The van der Waals surface area contributed by atoms with Crippen LogP contribution in [0.2, 0.25) is 0 Å². The molecule has 0 saturated heterocycles. The van der Waals surface area contributed by atoms with E-state index in [9.17, 15) is 15.2 Å². The third kappa shape index (κ3) is 4.47. The van der Waals surface area contributed by atoms with Crippen molar-refractivity contribution in [1.82, 2.24) is 4.90 Å². The lowest BCUT2D eigenvalue weighted by molar-refractivity contribution is 0.124. The molecule has 1 atom stereocenters. The first-order chi connectivity index (χ1) is 12.0. The fraction of sp³-hybridized carbons (Fsp3) is 0.200. The Morgan fingerprint density at radius 3 is 2.44 bits per heavy atom. The monoisotopic (exact) mass is 335 g/mol. The highest BCUT2D eigenvalue weighted by Gasteiger charge is 2.14. The Kier molecular flexibility index (Phi) is 5.51. The van der Waals surface area contributed by atoms with Gasteiger partial charge in [0.25, 0.3) is 0 Å². The highest BCUT2D eigenvalue weighted by atomic mass is 16.4. The van der Waals surface area contributed by atoms with Crippen molar-refractivity contribution in [2.24, 2.45) is 0 Å². The molecule has 3 rings (SSSR count). The van der Waals surface area contributed by atoms with E-state index in [0.29, 0.717) is 18.6 Å². The molecule has 0 aromatic heterocycles. The smallest absolute Gasteiger partial charge is 0.423 e. The van der Waals surface area contributed by atoms with Crippen LogP contribution >= 0.6 is 0 Å². The van der Waals surface area contributed by atoms with Crippen molar-refractivity contribution in [3.63, 3.8) is 0 Å². The molecule has 0 saturated carbocycles. The first-order valence-corrected chi connectivity index (χ1v) is 8.33. The molecule has 1 unspecified atom stereocenters. The maximum atomic E-state index is 10.5. The van der Waals surface area contributed by atoms with Gasteiger partial charge in [-0.2, -0.15) is 0 Å². The minimum absolute atomic E-state index is 0.473. The van der Waals surface area contributed by atoms with Crippen LogP contribution in [-0.2, 0) is 6.54 Å². The van der Waals surface area contributed by atoms with E-state index in [2.05, 4.69) is 6.07 Å². The summed E-state index contributed by atoms with van der Waals surface area (Å²) >= 11 is 0.